The van der Waals surface area contributed by atoms with Gasteiger partial charge in [0.1, 0.15) is 11.6 Å². The molecule has 29 heavy (non-hydrogen) atoms. The molecule has 0 spiro atoms. The summed E-state index contributed by atoms with van der Waals surface area (Å²) in [5.41, 5.74) is 0.790. The molecule has 2 amide bonds. The lowest BCUT2D eigenvalue weighted by molar-refractivity contribution is -0.122. The first kappa shape index (κ1) is 18.7. The number of carbonyl (C=O) groups is 2. The van der Waals surface area contributed by atoms with E-state index in [-0.39, 0.29) is 24.6 Å². The van der Waals surface area contributed by atoms with Crippen molar-refractivity contribution in [2.75, 3.05) is 16.8 Å². The van der Waals surface area contributed by atoms with Crippen LogP contribution in [0.15, 0.2) is 54.9 Å². The Kier molecular flexibility index (Phi) is 5.03. The number of halogens is 2. The van der Waals surface area contributed by atoms with Crippen molar-refractivity contribution in [3.63, 3.8) is 0 Å². The molecule has 0 radical (unpaired) electrons. The summed E-state index contributed by atoms with van der Waals surface area (Å²) in [5, 5.41) is 6.96. The minimum absolute atomic E-state index is 0.0157. The summed E-state index contributed by atoms with van der Waals surface area (Å²) in [4.78, 5) is 30.2. The number of amides is 2. The standard InChI is InChI=1S/C20H17F2N5O2/c21-14-4-5-17(16(22)10-14)27-11-13(9-19(27)28)20(29)24-18-6-8-26(25-18)12-15-3-1-2-7-23-15/h1-8,10,13H,9,11-12H2,(H,24,25,29). The molecular formula is C20H17F2N5O2. The second kappa shape index (κ2) is 7.78. The number of hydrogen-bond acceptors (Lipinski definition) is 4. The fourth-order valence-corrected chi connectivity index (χ4v) is 3.22. The van der Waals surface area contributed by atoms with Gasteiger partial charge in [-0.25, -0.2) is 8.78 Å². The highest BCUT2D eigenvalue weighted by Crippen LogP contribution is 2.28. The highest BCUT2D eigenvalue weighted by molar-refractivity contribution is 6.03. The second-order valence-electron chi connectivity index (χ2n) is 6.71. The van der Waals surface area contributed by atoms with Gasteiger partial charge in [0.2, 0.25) is 11.8 Å². The minimum atomic E-state index is -0.840. The molecule has 1 fully saturated rings. The molecule has 3 aromatic rings. The van der Waals surface area contributed by atoms with Crippen molar-refractivity contribution < 1.29 is 18.4 Å². The van der Waals surface area contributed by atoms with E-state index >= 15 is 0 Å². The molecule has 0 aliphatic carbocycles. The van der Waals surface area contributed by atoms with E-state index in [4.69, 9.17) is 0 Å². The van der Waals surface area contributed by atoms with Crippen molar-refractivity contribution in [1.82, 2.24) is 14.8 Å². The zero-order valence-electron chi connectivity index (χ0n) is 15.3. The lowest BCUT2D eigenvalue weighted by atomic mass is 10.1. The minimum Gasteiger partial charge on any atom is -0.309 e. The number of pyridine rings is 1. The Hall–Kier alpha value is -3.62. The summed E-state index contributed by atoms with van der Waals surface area (Å²) in [6.45, 7) is 0.470. The topological polar surface area (TPSA) is 80.1 Å². The Morgan fingerprint density at radius 2 is 2.07 bits per heavy atom. The smallest absolute Gasteiger partial charge is 0.231 e. The molecule has 148 valence electrons. The predicted octanol–water partition coefficient (Wildman–Crippen LogP) is 2.60. The molecular weight excluding hydrogens is 380 g/mol. The maximum Gasteiger partial charge on any atom is 0.231 e. The van der Waals surface area contributed by atoms with Crippen LogP contribution in [-0.4, -0.2) is 33.1 Å². The van der Waals surface area contributed by atoms with Crippen LogP contribution in [0.5, 0.6) is 0 Å². The largest absolute Gasteiger partial charge is 0.309 e. The lowest BCUT2D eigenvalue weighted by Gasteiger charge is -2.17. The first-order valence-electron chi connectivity index (χ1n) is 8.99. The molecule has 1 aromatic carbocycles. The van der Waals surface area contributed by atoms with Crippen molar-refractivity contribution in [1.29, 1.82) is 0 Å². The molecule has 2 aromatic heterocycles. The van der Waals surface area contributed by atoms with Gasteiger partial charge in [-0.1, -0.05) is 6.07 Å². The highest BCUT2D eigenvalue weighted by atomic mass is 19.1. The number of nitrogens with one attached hydrogen (secondary N) is 1. The monoisotopic (exact) mass is 397 g/mol. The third kappa shape index (κ3) is 4.13. The summed E-state index contributed by atoms with van der Waals surface area (Å²) in [7, 11) is 0. The van der Waals surface area contributed by atoms with Crippen LogP contribution in [0.4, 0.5) is 20.3 Å². The number of rotatable bonds is 5. The summed E-state index contributed by atoms with van der Waals surface area (Å²) >= 11 is 0. The van der Waals surface area contributed by atoms with Crippen LogP contribution < -0.4 is 10.2 Å². The van der Waals surface area contributed by atoms with Gasteiger partial charge >= 0.3 is 0 Å². The van der Waals surface area contributed by atoms with Crippen LogP contribution in [-0.2, 0) is 16.1 Å². The third-order valence-electron chi connectivity index (χ3n) is 4.64. The molecule has 1 aliphatic rings. The quantitative estimate of drug-likeness (QED) is 0.718. The molecule has 9 heteroatoms. The molecule has 3 heterocycles. The van der Waals surface area contributed by atoms with Gasteiger partial charge < -0.3 is 10.2 Å². The average molecular weight is 397 g/mol. The number of benzene rings is 1. The van der Waals surface area contributed by atoms with Crippen LogP contribution in [0.1, 0.15) is 12.1 Å². The number of aromatic nitrogens is 3. The summed E-state index contributed by atoms with van der Waals surface area (Å²) < 4.78 is 28.7. The predicted molar refractivity (Wildman–Crippen MR) is 101 cm³/mol. The normalized spacial score (nSPS) is 16.3. The van der Waals surface area contributed by atoms with Gasteiger partial charge in [-0.15, -0.1) is 0 Å². The van der Waals surface area contributed by atoms with Crippen molar-refractivity contribution in [3.8, 4) is 0 Å². The summed E-state index contributed by atoms with van der Waals surface area (Å²) in [5.74, 6) is -2.65. The molecule has 0 saturated carbocycles. The van der Waals surface area contributed by atoms with Gasteiger partial charge in [0.15, 0.2) is 5.82 Å². The van der Waals surface area contributed by atoms with Crippen molar-refractivity contribution >= 4 is 23.3 Å². The van der Waals surface area contributed by atoms with E-state index in [9.17, 15) is 18.4 Å². The Balaban J connectivity index is 1.40. The first-order chi connectivity index (χ1) is 14.0. The van der Waals surface area contributed by atoms with Gasteiger partial charge in [-0.05, 0) is 24.3 Å². The molecule has 1 unspecified atom stereocenters. The van der Waals surface area contributed by atoms with Crippen molar-refractivity contribution in [2.45, 2.75) is 13.0 Å². The Bertz CT molecular complexity index is 1050. The van der Waals surface area contributed by atoms with Crippen LogP contribution in [0.2, 0.25) is 0 Å². The number of hydrogen-bond donors (Lipinski definition) is 1. The van der Waals surface area contributed by atoms with E-state index < -0.39 is 23.5 Å². The number of carbonyl (C=O) groups excluding carboxylic acids is 2. The third-order valence-corrected chi connectivity index (χ3v) is 4.64. The van der Waals surface area contributed by atoms with Crippen molar-refractivity contribution in [3.05, 3.63) is 72.2 Å². The summed E-state index contributed by atoms with van der Waals surface area (Å²) in [6.07, 6.45) is 3.34. The Morgan fingerprint density at radius 3 is 2.83 bits per heavy atom. The maximum absolute atomic E-state index is 14.0. The fraction of sp³-hybridized carbons (Fsp3) is 0.200. The van der Waals surface area contributed by atoms with Crippen LogP contribution in [0, 0.1) is 17.6 Å². The summed E-state index contributed by atoms with van der Waals surface area (Å²) in [6, 6.07) is 10.2. The molecule has 1 N–H and O–H groups in total. The van der Waals surface area contributed by atoms with Crippen LogP contribution >= 0.6 is 0 Å². The van der Waals surface area contributed by atoms with Gasteiger partial charge in [-0.3, -0.25) is 19.3 Å². The lowest BCUT2D eigenvalue weighted by Crippen LogP contribution is -2.28. The first-order valence-corrected chi connectivity index (χ1v) is 8.99. The molecule has 1 aliphatic heterocycles. The van der Waals surface area contributed by atoms with Gasteiger partial charge in [0.25, 0.3) is 0 Å². The van der Waals surface area contributed by atoms with Crippen molar-refractivity contribution in [2.24, 2.45) is 5.92 Å². The Labute approximate surface area is 165 Å². The molecule has 1 atom stereocenters. The second-order valence-corrected chi connectivity index (χ2v) is 6.71. The maximum atomic E-state index is 14.0. The van der Waals surface area contributed by atoms with Crippen LogP contribution in [0.3, 0.4) is 0 Å². The zero-order chi connectivity index (χ0) is 20.4. The SMILES string of the molecule is O=C(Nc1ccn(Cc2ccccn2)n1)C1CC(=O)N(c2ccc(F)cc2F)C1. The van der Waals surface area contributed by atoms with E-state index in [0.717, 1.165) is 11.8 Å². The Morgan fingerprint density at radius 1 is 1.21 bits per heavy atom. The van der Waals surface area contributed by atoms with Gasteiger partial charge in [0.05, 0.1) is 23.8 Å². The number of anilines is 2. The fourth-order valence-electron chi connectivity index (χ4n) is 3.22. The molecule has 1 saturated heterocycles. The van der Waals surface area contributed by atoms with Gasteiger partial charge in [0, 0.05) is 37.5 Å². The molecule has 0 bridgehead atoms. The van der Waals surface area contributed by atoms with E-state index in [1.165, 1.54) is 11.0 Å². The van der Waals surface area contributed by atoms with E-state index in [1.54, 1.807) is 23.1 Å². The molecule has 4 rings (SSSR count). The van der Waals surface area contributed by atoms with E-state index in [1.807, 2.05) is 18.2 Å². The average Bonchev–Trinajstić information content (AvgIpc) is 3.29. The van der Waals surface area contributed by atoms with E-state index in [0.29, 0.717) is 18.4 Å². The zero-order valence-corrected chi connectivity index (χ0v) is 15.3. The van der Waals surface area contributed by atoms with Gasteiger partial charge in [-0.2, -0.15) is 5.10 Å². The molecule has 7 nitrogen and oxygen atoms in total. The van der Waals surface area contributed by atoms with Crippen LogP contribution in [0.25, 0.3) is 0 Å². The number of nitrogens with zero attached hydrogens (tertiary/aromatic N) is 4. The van der Waals surface area contributed by atoms with E-state index in [2.05, 4.69) is 15.4 Å². The highest BCUT2D eigenvalue weighted by Gasteiger charge is 2.36.